The number of hydrogen-bond donors (Lipinski definition) is 0. The van der Waals surface area contributed by atoms with Gasteiger partial charge in [0.15, 0.2) is 0 Å². The van der Waals surface area contributed by atoms with E-state index in [2.05, 4.69) is 226 Å². The molecule has 3 heterocycles. The van der Waals surface area contributed by atoms with Crippen LogP contribution in [-0.4, -0.2) is 13.7 Å². The van der Waals surface area contributed by atoms with E-state index in [1.165, 1.54) is 87.7 Å². The third-order valence-corrected chi connectivity index (χ3v) is 11.8. The van der Waals surface area contributed by atoms with Crippen molar-refractivity contribution in [2.75, 3.05) is 0 Å². The van der Waals surface area contributed by atoms with Gasteiger partial charge in [0.05, 0.1) is 33.1 Å². The lowest BCUT2D eigenvalue weighted by molar-refractivity contribution is 1.17. The molecule has 3 nitrogen and oxygen atoms in total. The number of rotatable bonds is 5. The number of fused-ring (bicyclic) bond motifs is 10. The Morgan fingerprint density at radius 2 is 0.719 bits per heavy atom. The van der Waals surface area contributed by atoms with Crippen molar-refractivity contribution in [3.05, 3.63) is 212 Å². The topological polar surface area (TPSA) is 14.8 Å². The maximum atomic E-state index is 2.50. The summed E-state index contributed by atoms with van der Waals surface area (Å²) in [6.07, 6.45) is 0. The highest BCUT2D eigenvalue weighted by molar-refractivity contribution is 6.26. The quantitative estimate of drug-likeness (QED) is 0.168. The average Bonchev–Trinajstić information content (AvgIpc) is 3.93. The van der Waals surface area contributed by atoms with Crippen LogP contribution in [-0.2, 0) is 0 Å². The number of benzene rings is 9. The lowest BCUT2D eigenvalue weighted by Crippen LogP contribution is -1.96. The molecule has 0 unspecified atom stereocenters. The van der Waals surface area contributed by atoms with Gasteiger partial charge in [-0.3, -0.25) is 0 Å². The molecule has 0 radical (unpaired) electrons. The van der Waals surface area contributed by atoms with E-state index in [9.17, 15) is 0 Å². The van der Waals surface area contributed by atoms with Crippen molar-refractivity contribution in [3.8, 4) is 39.3 Å². The van der Waals surface area contributed by atoms with E-state index in [1.807, 2.05) is 0 Å². The molecule has 0 saturated heterocycles. The second kappa shape index (κ2) is 12.5. The Labute approximate surface area is 329 Å². The maximum absolute atomic E-state index is 2.50. The Kier molecular flexibility index (Phi) is 6.93. The molecule has 0 amide bonds. The summed E-state index contributed by atoms with van der Waals surface area (Å²) in [4.78, 5) is 0. The molecule has 12 rings (SSSR count). The summed E-state index contributed by atoms with van der Waals surface area (Å²) in [6, 6.07) is 77.4. The van der Waals surface area contributed by atoms with Crippen LogP contribution in [0.4, 0.5) is 0 Å². The summed E-state index contributed by atoms with van der Waals surface area (Å²) in [5.41, 5.74) is 15.5. The standard InChI is InChI=1S/C54H35N3/c1-3-16-36(17-4-1)37-18-13-22-40(34-37)56-49-30-12-9-26-46(49)53-51(56)33-32-44-43-24-7-10-28-47(43)57(54(44)53)41-23-14-19-38(35-41)42-27-15-31-50-52(42)45-25-8-11-29-48(45)55(50)39-20-5-2-6-21-39/h1-35H. The summed E-state index contributed by atoms with van der Waals surface area (Å²) < 4.78 is 7.34. The number of aromatic nitrogens is 3. The van der Waals surface area contributed by atoms with Gasteiger partial charge < -0.3 is 13.7 Å². The van der Waals surface area contributed by atoms with Crippen molar-refractivity contribution in [2.45, 2.75) is 0 Å². The van der Waals surface area contributed by atoms with Gasteiger partial charge in [0.1, 0.15) is 0 Å². The molecule has 0 atom stereocenters. The molecule has 12 aromatic rings. The highest BCUT2D eigenvalue weighted by atomic mass is 15.0. The molecule has 0 bridgehead atoms. The van der Waals surface area contributed by atoms with Gasteiger partial charge >= 0.3 is 0 Å². The fourth-order valence-electron chi connectivity index (χ4n) is 9.44. The van der Waals surface area contributed by atoms with E-state index >= 15 is 0 Å². The van der Waals surface area contributed by atoms with Gasteiger partial charge in [-0.1, -0.05) is 146 Å². The van der Waals surface area contributed by atoms with Gasteiger partial charge in [-0.05, 0) is 89.0 Å². The fourth-order valence-corrected chi connectivity index (χ4v) is 9.44. The first kappa shape index (κ1) is 31.7. The van der Waals surface area contributed by atoms with Crippen LogP contribution in [0.2, 0.25) is 0 Å². The number of nitrogens with zero attached hydrogens (tertiary/aromatic N) is 3. The van der Waals surface area contributed by atoms with Crippen molar-refractivity contribution in [1.82, 2.24) is 13.7 Å². The third kappa shape index (κ3) is 4.73. The molecule has 0 saturated carbocycles. The zero-order valence-corrected chi connectivity index (χ0v) is 31.0. The van der Waals surface area contributed by atoms with Crippen LogP contribution in [0.5, 0.6) is 0 Å². The van der Waals surface area contributed by atoms with E-state index in [0.29, 0.717) is 0 Å². The van der Waals surface area contributed by atoms with Crippen molar-refractivity contribution in [2.24, 2.45) is 0 Å². The van der Waals surface area contributed by atoms with E-state index in [4.69, 9.17) is 0 Å². The first-order chi connectivity index (χ1) is 28.3. The molecule has 0 aliphatic heterocycles. The molecule has 57 heavy (non-hydrogen) atoms. The molecule has 0 fully saturated rings. The van der Waals surface area contributed by atoms with Crippen LogP contribution >= 0.6 is 0 Å². The van der Waals surface area contributed by atoms with Gasteiger partial charge in [-0.15, -0.1) is 0 Å². The van der Waals surface area contributed by atoms with Crippen LogP contribution in [0.15, 0.2) is 212 Å². The van der Waals surface area contributed by atoms with Gasteiger partial charge in [-0.25, -0.2) is 0 Å². The van der Waals surface area contributed by atoms with Crippen molar-refractivity contribution < 1.29 is 0 Å². The molecule has 9 aromatic carbocycles. The summed E-state index contributed by atoms with van der Waals surface area (Å²) in [5, 5.41) is 7.50. The first-order valence-corrected chi connectivity index (χ1v) is 19.6. The predicted octanol–water partition coefficient (Wildman–Crippen LogP) is 14.3. The molecule has 0 N–H and O–H groups in total. The van der Waals surface area contributed by atoms with Crippen molar-refractivity contribution in [3.63, 3.8) is 0 Å². The summed E-state index contributed by atoms with van der Waals surface area (Å²) in [6.45, 7) is 0. The Morgan fingerprint density at radius 1 is 0.246 bits per heavy atom. The van der Waals surface area contributed by atoms with Gasteiger partial charge in [-0.2, -0.15) is 0 Å². The molecule has 0 aliphatic carbocycles. The molecule has 266 valence electrons. The van der Waals surface area contributed by atoms with Gasteiger partial charge in [0.25, 0.3) is 0 Å². The van der Waals surface area contributed by atoms with Gasteiger partial charge in [0.2, 0.25) is 0 Å². The summed E-state index contributed by atoms with van der Waals surface area (Å²) in [5.74, 6) is 0. The first-order valence-electron chi connectivity index (χ1n) is 19.6. The minimum absolute atomic E-state index is 1.14. The summed E-state index contributed by atoms with van der Waals surface area (Å²) >= 11 is 0. The fraction of sp³-hybridized carbons (Fsp3) is 0. The lowest BCUT2D eigenvalue weighted by Gasteiger charge is -2.13. The second-order valence-corrected chi connectivity index (χ2v) is 14.9. The lowest BCUT2D eigenvalue weighted by atomic mass is 9.99. The Balaban J connectivity index is 1.13. The van der Waals surface area contributed by atoms with Gasteiger partial charge in [0, 0.05) is 49.4 Å². The monoisotopic (exact) mass is 725 g/mol. The zero-order valence-electron chi connectivity index (χ0n) is 31.0. The van der Waals surface area contributed by atoms with E-state index < -0.39 is 0 Å². The number of hydrogen-bond acceptors (Lipinski definition) is 0. The molecular weight excluding hydrogens is 691 g/mol. The van der Waals surface area contributed by atoms with Crippen LogP contribution in [0.3, 0.4) is 0 Å². The highest BCUT2D eigenvalue weighted by Crippen LogP contribution is 2.44. The van der Waals surface area contributed by atoms with Crippen LogP contribution < -0.4 is 0 Å². The van der Waals surface area contributed by atoms with Crippen LogP contribution in [0, 0.1) is 0 Å². The molecule has 3 heteroatoms. The van der Waals surface area contributed by atoms with E-state index in [0.717, 1.165) is 17.1 Å². The Morgan fingerprint density at radius 3 is 1.46 bits per heavy atom. The van der Waals surface area contributed by atoms with E-state index in [-0.39, 0.29) is 0 Å². The smallest absolute Gasteiger partial charge is 0.0641 e. The van der Waals surface area contributed by atoms with E-state index in [1.54, 1.807) is 0 Å². The Hall–Kier alpha value is -7.62. The molecule has 0 spiro atoms. The normalized spacial score (nSPS) is 11.9. The minimum atomic E-state index is 1.14. The van der Waals surface area contributed by atoms with Crippen LogP contribution in [0.25, 0.3) is 105 Å². The molecule has 0 aliphatic rings. The number of para-hydroxylation sites is 4. The van der Waals surface area contributed by atoms with Crippen molar-refractivity contribution >= 4 is 65.4 Å². The molecule has 3 aromatic heterocycles. The van der Waals surface area contributed by atoms with Crippen molar-refractivity contribution in [1.29, 1.82) is 0 Å². The molecular formula is C54H35N3. The highest BCUT2D eigenvalue weighted by Gasteiger charge is 2.22. The third-order valence-electron chi connectivity index (χ3n) is 11.8. The summed E-state index contributed by atoms with van der Waals surface area (Å²) in [7, 11) is 0. The largest absolute Gasteiger partial charge is 0.309 e. The zero-order chi connectivity index (χ0) is 37.5. The van der Waals surface area contributed by atoms with Crippen LogP contribution in [0.1, 0.15) is 0 Å². The SMILES string of the molecule is c1ccc(-c2cccc(-n3c4ccccc4c4c3ccc3c5ccccc5n(-c5cccc(-c6cccc7c6c6ccccc6n7-c6ccccc6)c5)c34)c2)cc1. The second-order valence-electron chi connectivity index (χ2n) is 14.9. The maximum Gasteiger partial charge on any atom is 0.0641 e. The minimum Gasteiger partial charge on any atom is -0.309 e. The predicted molar refractivity (Wildman–Crippen MR) is 240 cm³/mol. The average molecular weight is 726 g/mol. The Bertz CT molecular complexity index is 3510.